The molecule has 0 spiro atoms. The molecule has 6 rings (SSSR count). The third kappa shape index (κ3) is 3.35. The Balaban J connectivity index is 1.20. The fourth-order valence-corrected chi connectivity index (χ4v) is 7.10. The van der Waals surface area contributed by atoms with Gasteiger partial charge in [0.1, 0.15) is 27.2 Å². The number of nitrogens with two attached hydrogens (primary N) is 2. The summed E-state index contributed by atoms with van der Waals surface area (Å²) < 4.78 is 0. The first kappa shape index (κ1) is 21.0. The van der Waals surface area contributed by atoms with E-state index in [9.17, 15) is 0 Å². The number of pyridine rings is 2. The van der Waals surface area contributed by atoms with Gasteiger partial charge < -0.3 is 16.4 Å². The molecule has 1 aliphatic heterocycles. The third-order valence-electron chi connectivity index (χ3n) is 6.67. The molecule has 0 radical (unpaired) electrons. The molecular weight excluding hydrogens is 476 g/mol. The summed E-state index contributed by atoms with van der Waals surface area (Å²) >= 11 is 9.42. The minimum Gasteiger partial charge on any atom is -0.382 e. The number of aromatic nitrogens is 5. The second-order valence-corrected chi connectivity index (χ2v) is 10.8. The van der Waals surface area contributed by atoms with Gasteiger partial charge in [-0.25, -0.2) is 24.9 Å². The topological polar surface area (TPSA) is 120 Å². The number of fused-ring (bicyclic) bond motifs is 2. The van der Waals surface area contributed by atoms with E-state index >= 15 is 0 Å². The SMILES string of the molecule is Cc1csc([C@]2(CN)[C@@H]3CN(c4cnc5nc(Sc6ccnc(N)c6Cl)ccc5n4)C[C@@H]32)n1. The molecule has 2 aliphatic rings. The van der Waals surface area contributed by atoms with Crippen LogP contribution in [0.2, 0.25) is 5.02 Å². The average Bonchev–Trinajstić information content (AvgIpc) is 3.15. The predicted molar refractivity (Wildman–Crippen MR) is 132 cm³/mol. The van der Waals surface area contributed by atoms with Gasteiger partial charge in [-0.15, -0.1) is 11.3 Å². The number of anilines is 2. The molecule has 4 aromatic rings. The lowest BCUT2D eigenvalue weighted by Gasteiger charge is -2.25. The van der Waals surface area contributed by atoms with Crippen LogP contribution in [0.4, 0.5) is 11.6 Å². The number of aryl methyl sites for hydroxylation is 1. The zero-order chi connectivity index (χ0) is 22.7. The van der Waals surface area contributed by atoms with E-state index in [1.165, 1.54) is 16.8 Å². The minimum absolute atomic E-state index is 0.0327. The van der Waals surface area contributed by atoms with Crippen molar-refractivity contribution in [2.75, 3.05) is 30.3 Å². The van der Waals surface area contributed by atoms with E-state index < -0.39 is 0 Å². The first-order chi connectivity index (χ1) is 16.0. The molecule has 168 valence electrons. The summed E-state index contributed by atoms with van der Waals surface area (Å²) in [5.74, 6) is 2.21. The number of nitrogens with zero attached hydrogens (tertiary/aromatic N) is 6. The highest BCUT2D eigenvalue weighted by molar-refractivity contribution is 7.99. The van der Waals surface area contributed by atoms with Crippen LogP contribution in [0, 0.1) is 18.8 Å². The highest BCUT2D eigenvalue weighted by Crippen LogP contribution is 2.63. The van der Waals surface area contributed by atoms with Crippen LogP contribution in [0.25, 0.3) is 11.2 Å². The predicted octanol–water partition coefficient (Wildman–Crippen LogP) is 3.53. The first-order valence-electron chi connectivity index (χ1n) is 10.6. The smallest absolute Gasteiger partial charge is 0.179 e. The van der Waals surface area contributed by atoms with Gasteiger partial charge in [0, 0.05) is 47.2 Å². The Bertz CT molecular complexity index is 1360. The van der Waals surface area contributed by atoms with Gasteiger partial charge in [-0.2, -0.15) is 0 Å². The van der Waals surface area contributed by atoms with E-state index in [1.54, 1.807) is 17.5 Å². The lowest BCUT2D eigenvalue weighted by molar-refractivity contribution is 0.549. The van der Waals surface area contributed by atoms with E-state index in [0.29, 0.717) is 34.9 Å². The number of nitrogen functional groups attached to an aromatic ring is 1. The van der Waals surface area contributed by atoms with Gasteiger partial charge in [-0.1, -0.05) is 23.4 Å². The van der Waals surface area contributed by atoms with Crippen molar-refractivity contribution < 1.29 is 0 Å². The molecule has 0 unspecified atom stereocenters. The molecule has 5 heterocycles. The van der Waals surface area contributed by atoms with Gasteiger partial charge in [0.05, 0.1) is 11.2 Å². The number of hydrogen-bond donors (Lipinski definition) is 2. The Morgan fingerprint density at radius 2 is 2.00 bits per heavy atom. The number of thiazole rings is 1. The highest BCUT2D eigenvalue weighted by atomic mass is 35.5. The molecule has 2 fully saturated rings. The quantitative estimate of drug-likeness (QED) is 0.427. The van der Waals surface area contributed by atoms with Gasteiger partial charge >= 0.3 is 0 Å². The van der Waals surface area contributed by atoms with Gasteiger partial charge in [0.2, 0.25) is 0 Å². The van der Waals surface area contributed by atoms with Gasteiger partial charge in [0.15, 0.2) is 5.65 Å². The average molecular weight is 497 g/mol. The monoisotopic (exact) mass is 496 g/mol. The van der Waals surface area contributed by atoms with Crippen LogP contribution >= 0.6 is 34.7 Å². The number of halogens is 1. The van der Waals surface area contributed by atoms with Gasteiger partial charge in [-0.3, -0.25) is 0 Å². The van der Waals surface area contributed by atoms with Crippen molar-refractivity contribution in [3.8, 4) is 0 Å². The molecular formula is C22H21ClN8S2. The summed E-state index contributed by atoms with van der Waals surface area (Å²) in [4.78, 5) is 25.9. The maximum absolute atomic E-state index is 6.26. The summed E-state index contributed by atoms with van der Waals surface area (Å²) in [7, 11) is 0. The van der Waals surface area contributed by atoms with Crippen LogP contribution in [-0.2, 0) is 5.41 Å². The Labute approximate surface area is 203 Å². The minimum atomic E-state index is 0.0327. The molecule has 1 saturated carbocycles. The Morgan fingerprint density at radius 1 is 1.18 bits per heavy atom. The second-order valence-electron chi connectivity index (χ2n) is 8.49. The summed E-state index contributed by atoms with van der Waals surface area (Å²) in [6, 6.07) is 5.68. The van der Waals surface area contributed by atoms with Crippen LogP contribution in [0.5, 0.6) is 0 Å². The van der Waals surface area contributed by atoms with Crippen LogP contribution in [-0.4, -0.2) is 44.6 Å². The van der Waals surface area contributed by atoms with Crippen LogP contribution in [0.15, 0.2) is 45.9 Å². The number of piperidine rings is 1. The third-order valence-corrected chi connectivity index (χ3v) is 9.33. The summed E-state index contributed by atoms with van der Waals surface area (Å²) in [6.45, 7) is 4.52. The van der Waals surface area contributed by atoms with E-state index in [4.69, 9.17) is 33.0 Å². The molecule has 0 aromatic carbocycles. The van der Waals surface area contributed by atoms with Crippen molar-refractivity contribution in [2.45, 2.75) is 22.3 Å². The fourth-order valence-electron chi connectivity index (χ4n) is 4.92. The molecule has 33 heavy (non-hydrogen) atoms. The molecule has 1 aliphatic carbocycles. The van der Waals surface area contributed by atoms with E-state index in [2.05, 4.69) is 25.2 Å². The van der Waals surface area contributed by atoms with Crippen molar-refractivity contribution in [2.24, 2.45) is 17.6 Å². The van der Waals surface area contributed by atoms with Crippen molar-refractivity contribution in [3.63, 3.8) is 0 Å². The Hall–Kier alpha value is -2.53. The molecule has 0 amide bonds. The second kappa shape index (κ2) is 7.76. The van der Waals surface area contributed by atoms with Crippen molar-refractivity contribution in [1.82, 2.24) is 24.9 Å². The number of hydrogen-bond acceptors (Lipinski definition) is 10. The molecule has 4 aromatic heterocycles. The zero-order valence-electron chi connectivity index (χ0n) is 17.8. The standard InChI is InChI=1S/C22H21ClN8S2/c1-11-9-32-21(28-11)22(10-24)12-7-31(8-13(12)22)16-6-27-20-14(29-16)2-3-17(30-20)33-15-4-5-26-19(25)18(15)23/h2-6,9,12-13H,7-8,10,24H2,1H3,(H2,25,26)/t12-,13+,22-. The molecule has 3 atom stereocenters. The van der Waals surface area contributed by atoms with Crippen LogP contribution in [0.3, 0.4) is 0 Å². The normalized spacial score (nSPS) is 23.8. The maximum Gasteiger partial charge on any atom is 0.179 e. The summed E-state index contributed by atoms with van der Waals surface area (Å²) in [5, 5.41) is 4.50. The summed E-state index contributed by atoms with van der Waals surface area (Å²) in [6.07, 6.45) is 3.44. The largest absolute Gasteiger partial charge is 0.382 e. The lowest BCUT2D eigenvalue weighted by Crippen LogP contribution is -2.35. The van der Waals surface area contributed by atoms with Crippen LogP contribution < -0.4 is 16.4 Å². The van der Waals surface area contributed by atoms with Crippen molar-refractivity contribution >= 4 is 57.5 Å². The molecule has 4 N–H and O–H groups in total. The first-order valence-corrected chi connectivity index (χ1v) is 12.7. The lowest BCUT2D eigenvalue weighted by atomic mass is 10.0. The van der Waals surface area contributed by atoms with E-state index in [0.717, 1.165) is 40.0 Å². The summed E-state index contributed by atoms with van der Waals surface area (Å²) in [5.41, 5.74) is 14.5. The van der Waals surface area contributed by atoms with Gasteiger partial charge in [-0.05, 0) is 37.0 Å². The van der Waals surface area contributed by atoms with E-state index in [-0.39, 0.29) is 5.41 Å². The van der Waals surface area contributed by atoms with Gasteiger partial charge in [0.25, 0.3) is 0 Å². The van der Waals surface area contributed by atoms with Crippen molar-refractivity contribution in [3.05, 3.63) is 51.7 Å². The molecule has 0 bridgehead atoms. The van der Waals surface area contributed by atoms with Crippen LogP contribution in [0.1, 0.15) is 10.7 Å². The highest BCUT2D eigenvalue weighted by Gasteiger charge is 2.69. The Morgan fingerprint density at radius 3 is 2.73 bits per heavy atom. The molecule has 11 heteroatoms. The maximum atomic E-state index is 6.26. The fraction of sp³-hybridized carbons (Fsp3) is 0.318. The van der Waals surface area contributed by atoms with E-state index in [1.807, 2.05) is 31.3 Å². The molecule has 8 nitrogen and oxygen atoms in total. The molecule has 1 saturated heterocycles. The Kier molecular flexibility index (Phi) is 4.95. The number of rotatable bonds is 5. The van der Waals surface area contributed by atoms with Crippen molar-refractivity contribution in [1.29, 1.82) is 0 Å². The zero-order valence-corrected chi connectivity index (χ0v) is 20.2.